The standard InChI is InChI=1S/C14H22N4O4/c1-4-5-6-7-8-11(19)16-15-9-10-12(20)17(2)14(22)18(3)13(10)21/h9,20H,4-8H2,1-3H3,(H,16,19). The number of nitrogens with zero attached hydrogens (tertiary/aromatic N) is 3. The van der Waals surface area contributed by atoms with E-state index in [4.69, 9.17) is 0 Å². The third-order valence-electron chi connectivity index (χ3n) is 3.31. The van der Waals surface area contributed by atoms with Crippen LogP contribution in [-0.4, -0.2) is 26.4 Å². The van der Waals surface area contributed by atoms with Crippen molar-refractivity contribution >= 4 is 12.1 Å². The average molecular weight is 310 g/mol. The van der Waals surface area contributed by atoms with Gasteiger partial charge >= 0.3 is 5.69 Å². The van der Waals surface area contributed by atoms with Gasteiger partial charge in [-0.15, -0.1) is 0 Å². The summed E-state index contributed by atoms with van der Waals surface area (Å²) < 4.78 is 1.78. The van der Waals surface area contributed by atoms with Crippen molar-refractivity contribution in [3.8, 4) is 5.88 Å². The molecule has 1 aromatic rings. The molecule has 0 saturated carbocycles. The van der Waals surface area contributed by atoms with Crippen LogP contribution in [0.25, 0.3) is 0 Å². The molecule has 0 radical (unpaired) electrons. The van der Waals surface area contributed by atoms with Gasteiger partial charge in [0.1, 0.15) is 5.56 Å². The summed E-state index contributed by atoms with van der Waals surface area (Å²) in [6.45, 7) is 2.09. The smallest absolute Gasteiger partial charge is 0.333 e. The zero-order valence-corrected chi connectivity index (χ0v) is 13.1. The number of unbranched alkanes of at least 4 members (excludes halogenated alkanes) is 3. The van der Waals surface area contributed by atoms with Gasteiger partial charge in [0.25, 0.3) is 5.56 Å². The van der Waals surface area contributed by atoms with Crippen molar-refractivity contribution in [2.45, 2.75) is 39.0 Å². The number of hydrogen-bond donors (Lipinski definition) is 2. The first kappa shape index (κ1) is 17.7. The Labute approximate surface area is 128 Å². The van der Waals surface area contributed by atoms with Crippen LogP contribution in [0.4, 0.5) is 0 Å². The molecule has 8 heteroatoms. The van der Waals surface area contributed by atoms with Gasteiger partial charge in [0.05, 0.1) is 6.21 Å². The summed E-state index contributed by atoms with van der Waals surface area (Å²) in [4.78, 5) is 35.0. The number of nitrogens with one attached hydrogen (secondary N) is 1. The van der Waals surface area contributed by atoms with E-state index in [-0.39, 0.29) is 11.5 Å². The Morgan fingerprint density at radius 3 is 2.55 bits per heavy atom. The molecular formula is C14H22N4O4. The molecule has 0 bridgehead atoms. The summed E-state index contributed by atoms with van der Waals surface area (Å²) in [7, 11) is 2.63. The summed E-state index contributed by atoms with van der Waals surface area (Å²) in [6, 6.07) is 0. The average Bonchev–Trinajstić information content (AvgIpc) is 2.51. The first-order valence-corrected chi connectivity index (χ1v) is 7.21. The molecule has 1 heterocycles. The van der Waals surface area contributed by atoms with Crippen LogP contribution in [0, 0.1) is 0 Å². The van der Waals surface area contributed by atoms with E-state index < -0.39 is 17.1 Å². The summed E-state index contributed by atoms with van der Waals surface area (Å²) in [5, 5.41) is 13.5. The predicted octanol–water partition coefficient (Wildman–Crippen LogP) is 0.210. The molecule has 1 amide bonds. The zero-order valence-electron chi connectivity index (χ0n) is 13.1. The van der Waals surface area contributed by atoms with E-state index in [0.717, 1.165) is 41.0 Å². The van der Waals surface area contributed by atoms with E-state index >= 15 is 0 Å². The topological polar surface area (TPSA) is 106 Å². The van der Waals surface area contributed by atoms with Crippen LogP contribution < -0.4 is 16.7 Å². The molecule has 0 spiro atoms. The van der Waals surface area contributed by atoms with Crippen molar-refractivity contribution in [2.24, 2.45) is 19.2 Å². The number of carbonyl (C=O) groups is 1. The highest BCUT2D eigenvalue weighted by atomic mass is 16.3. The second kappa shape index (κ2) is 8.16. The molecule has 0 aliphatic heterocycles. The number of rotatable bonds is 7. The van der Waals surface area contributed by atoms with Crippen molar-refractivity contribution in [1.82, 2.24) is 14.6 Å². The van der Waals surface area contributed by atoms with Crippen molar-refractivity contribution in [1.29, 1.82) is 0 Å². The second-order valence-corrected chi connectivity index (χ2v) is 5.05. The largest absolute Gasteiger partial charge is 0.494 e. The van der Waals surface area contributed by atoms with Gasteiger partial charge in [-0.25, -0.2) is 10.2 Å². The molecule has 1 rings (SSSR count). The van der Waals surface area contributed by atoms with E-state index in [2.05, 4.69) is 17.5 Å². The Kier molecular flexibility index (Phi) is 6.55. The summed E-state index contributed by atoms with van der Waals surface area (Å²) in [5.41, 5.74) is 0.825. The molecule has 0 aliphatic rings. The number of amides is 1. The van der Waals surface area contributed by atoms with Crippen LogP contribution in [-0.2, 0) is 18.9 Å². The molecule has 8 nitrogen and oxygen atoms in total. The van der Waals surface area contributed by atoms with Gasteiger partial charge < -0.3 is 5.11 Å². The maximum absolute atomic E-state index is 11.9. The minimum atomic E-state index is -0.679. The van der Waals surface area contributed by atoms with E-state index in [1.54, 1.807) is 0 Å². The SMILES string of the molecule is CCCCCCC(=O)NN=Cc1c(O)n(C)c(=O)n(C)c1=O. The van der Waals surface area contributed by atoms with Crippen LogP contribution >= 0.6 is 0 Å². The van der Waals surface area contributed by atoms with Gasteiger partial charge in [0.2, 0.25) is 11.8 Å². The third-order valence-corrected chi connectivity index (χ3v) is 3.31. The normalized spacial score (nSPS) is 11.0. The Bertz CT molecular complexity index is 673. The fraction of sp³-hybridized carbons (Fsp3) is 0.571. The minimum absolute atomic E-state index is 0.157. The Morgan fingerprint density at radius 1 is 1.23 bits per heavy atom. The molecule has 122 valence electrons. The number of carbonyl (C=O) groups excluding carboxylic acids is 1. The van der Waals surface area contributed by atoms with Gasteiger partial charge in [0, 0.05) is 20.5 Å². The summed E-state index contributed by atoms with van der Waals surface area (Å²) >= 11 is 0. The molecule has 1 aromatic heterocycles. The van der Waals surface area contributed by atoms with Crippen molar-refractivity contribution in [3.63, 3.8) is 0 Å². The van der Waals surface area contributed by atoms with Gasteiger partial charge in [-0.2, -0.15) is 5.10 Å². The number of hydrogen-bond acceptors (Lipinski definition) is 5. The monoisotopic (exact) mass is 310 g/mol. The molecule has 0 aliphatic carbocycles. The minimum Gasteiger partial charge on any atom is -0.494 e. The summed E-state index contributed by atoms with van der Waals surface area (Å²) in [6.07, 6.45) is 5.33. The molecule has 0 aromatic carbocycles. The Balaban J connectivity index is 2.74. The highest BCUT2D eigenvalue weighted by Crippen LogP contribution is 2.05. The maximum Gasteiger partial charge on any atom is 0.333 e. The van der Waals surface area contributed by atoms with Crippen LogP contribution in [0.15, 0.2) is 14.7 Å². The van der Waals surface area contributed by atoms with Crippen molar-refractivity contribution in [3.05, 3.63) is 26.4 Å². The lowest BCUT2D eigenvalue weighted by Gasteiger charge is -2.07. The molecule has 22 heavy (non-hydrogen) atoms. The quantitative estimate of drug-likeness (QED) is 0.426. The number of aromatic hydroxyl groups is 1. The van der Waals surface area contributed by atoms with Gasteiger partial charge in [-0.1, -0.05) is 26.2 Å². The van der Waals surface area contributed by atoms with Crippen LogP contribution in [0.1, 0.15) is 44.6 Å². The van der Waals surface area contributed by atoms with Gasteiger partial charge in [-0.05, 0) is 6.42 Å². The molecular weight excluding hydrogens is 288 g/mol. The van der Waals surface area contributed by atoms with Gasteiger partial charge in [0.15, 0.2) is 0 Å². The lowest BCUT2D eigenvalue weighted by molar-refractivity contribution is -0.121. The molecule has 0 fully saturated rings. The zero-order chi connectivity index (χ0) is 16.7. The maximum atomic E-state index is 11.9. The molecule has 2 N–H and O–H groups in total. The fourth-order valence-corrected chi connectivity index (χ4v) is 1.91. The van der Waals surface area contributed by atoms with E-state index in [1.807, 2.05) is 0 Å². The third kappa shape index (κ3) is 4.31. The van der Waals surface area contributed by atoms with Crippen molar-refractivity contribution < 1.29 is 9.90 Å². The first-order valence-electron chi connectivity index (χ1n) is 7.21. The predicted molar refractivity (Wildman–Crippen MR) is 83.1 cm³/mol. The highest BCUT2D eigenvalue weighted by molar-refractivity contribution is 5.84. The fourth-order valence-electron chi connectivity index (χ4n) is 1.91. The van der Waals surface area contributed by atoms with E-state index in [9.17, 15) is 19.5 Å². The Morgan fingerprint density at radius 2 is 1.91 bits per heavy atom. The van der Waals surface area contributed by atoms with Crippen LogP contribution in [0.2, 0.25) is 0 Å². The molecule has 0 saturated heterocycles. The van der Waals surface area contributed by atoms with Gasteiger partial charge in [-0.3, -0.25) is 18.7 Å². The van der Waals surface area contributed by atoms with Crippen molar-refractivity contribution in [2.75, 3.05) is 0 Å². The highest BCUT2D eigenvalue weighted by Gasteiger charge is 2.12. The van der Waals surface area contributed by atoms with Crippen LogP contribution in [0.3, 0.4) is 0 Å². The lowest BCUT2D eigenvalue weighted by Crippen LogP contribution is -2.38. The van der Waals surface area contributed by atoms with Crippen LogP contribution in [0.5, 0.6) is 5.88 Å². The first-order chi connectivity index (χ1) is 10.4. The lowest BCUT2D eigenvalue weighted by atomic mass is 10.1. The number of aromatic nitrogens is 2. The molecule has 0 unspecified atom stereocenters. The second-order valence-electron chi connectivity index (χ2n) is 5.05. The summed E-state index contributed by atoms with van der Waals surface area (Å²) in [5.74, 6) is -0.748. The number of hydrazone groups is 1. The van der Waals surface area contributed by atoms with E-state index in [1.165, 1.54) is 14.1 Å². The van der Waals surface area contributed by atoms with E-state index in [0.29, 0.717) is 6.42 Å². The Hall–Kier alpha value is -2.38. The molecule has 0 atom stereocenters.